The molecule has 0 N–H and O–H groups in total. The van der Waals surface area contributed by atoms with Crippen LogP contribution >= 0.6 is 22.9 Å². The number of thiazole rings is 1. The average molecular weight is 447 g/mol. The van der Waals surface area contributed by atoms with E-state index >= 15 is 0 Å². The SMILES string of the molecule is CN(CC(=O)N(CCN1CCOCC1)c1nc2ccc(Cl)cc2s1)S(C)(=O)=O. The molecule has 3 rings (SSSR count). The number of ether oxygens (including phenoxy) is 1. The van der Waals surface area contributed by atoms with Gasteiger partial charge in [0.15, 0.2) is 5.13 Å². The number of rotatable bonds is 7. The van der Waals surface area contributed by atoms with E-state index in [2.05, 4.69) is 9.88 Å². The summed E-state index contributed by atoms with van der Waals surface area (Å²) in [5, 5.41) is 1.14. The van der Waals surface area contributed by atoms with E-state index in [1.807, 2.05) is 12.1 Å². The number of carbonyl (C=O) groups is 1. The summed E-state index contributed by atoms with van der Waals surface area (Å²) in [6, 6.07) is 5.38. The number of sulfonamides is 1. The molecule has 154 valence electrons. The van der Waals surface area contributed by atoms with Gasteiger partial charge < -0.3 is 4.74 Å². The summed E-state index contributed by atoms with van der Waals surface area (Å²) in [6.07, 6.45) is 1.08. The van der Waals surface area contributed by atoms with Crippen LogP contribution in [0, 0.1) is 0 Å². The van der Waals surface area contributed by atoms with Crippen molar-refractivity contribution in [3.8, 4) is 0 Å². The van der Waals surface area contributed by atoms with E-state index in [1.54, 1.807) is 11.0 Å². The Hall–Kier alpha value is -1.30. The lowest BCUT2D eigenvalue weighted by Crippen LogP contribution is -2.46. The molecule has 28 heavy (non-hydrogen) atoms. The lowest BCUT2D eigenvalue weighted by Gasteiger charge is -2.29. The first-order valence-electron chi connectivity index (χ1n) is 8.82. The van der Waals surface area contributed by atoms with E-state index in [0.29, 0.717) is 36.5 Å². The monoisotopic (exact) mass is 446 g/mol. The van der Waals surface area contributed by atoms with Gasteiger partial charge in [-0.25, -0.2) is 13.4 Å². The predicted molar refractivity (Wildman–Crippen MR) is 112 cm³/mol. The van der Waals surface area contributed by atoms with Gasteiger partial charge >= 0.3 is 0 Å². The molecule has 1 saturated heterocycles. The molecule has 2 aromatic rings. The van der Waals surface area contributed by atoms with E-state index in [0.717, 1.165) is 33.9 Å². The molecule has 1 aliphatic heterocycles. The maximum absolute atomic E-state index is 12.9. The Bertz CT molecular complexity index is 944. The zero-order chi connectivity index (χ0) is 20.3. The summed E-state index contributed by atoms with van der Waals surface area (Å²) >= 11 is 7.43. The Labute approximate surface area is 173 Å². The molecule has 0 unspecified atom stereocenters. The van der Waals surface area contributed by atoms with Gasteiger partial charge in [0.1, 0.15) is 0 Å². The third-order valence-electron chi connectivity index (χ3n) is 4.54. The number of fused-ring (bicyclic) bond motifs is 1. The number of morpholine rings is 1. The summed E-state index contributed by atoms with van der Waals surface area (Å²) in [6.45, 7) is 3.80. The smallest absolute Gasteiger partial charge is 0.244 e. The number of anilines is 1. The summed E-state index contributed by atoms with van der Waals surface area (Å²) in [7, 11) is -2.06. The zero-order valence-electron chi connectivity index (χ0n) is 15.8. The summed E-state index contributed by atoms with van der Waals surface area (Å²) in [4.78, 5) is 21.3. The van der Waals surface area contributed by atoms with Crippen LogP contribution in [-0.2, 0) is 19.6 Å². The van der Waals surface area contributed by atoms with Crippen LogP contribution in [0.4, 0.5) is 5.13 Å². The molecular weight excluding hydrogens is 424 g/mol. The number of hydrogen-bond acceptors (Lipinski definition) is 7. The molecule has 0 spiro atoms. The molecule has 0 bridgehead atoms. The van der Waals surface area contributed by atoms with Gasteiger partial charge in [0.25, 0.3) is 0 Å². The second kappa shape index (κ2) is 9.02. The number of likely N-dealkylation sites (N-methyl/N-ethyl adjacent to an activating group) is 1. The number of benzene rings is 1. The lowest BCUT2D eigenvalue weighted by molar-refractivity contribution is -0.118. The maximum Gasteiger partial charge on any atom is 0.244 e. The summed E-state index contributed by atoms with van der Waals surface area (Å²) < 4.78 is 30.7. The van der Waals surface area contributed by atoms with Gasteiger partial charge in [0.2, 0.25) is 15.9 Å². The molecule has 8 nitrogen and oxygen atoms in total. The van der Waals surface area contributed by atoms with E-state index in [4.69, 9.17) is 16.3 Å². The molecule has 1 aromatic carbocycles. The predicted octanol–water partition coefficient (Wildman–Crippen LogP) is 1.51. The molecular formula is C17H23ClN4O4S2. The summed E-state index contributed by atoms with van der Waals surface area (Å²) in [5.41, 5.74) is 0.755. The molecule has 2 heterocycles. The highest BCUT2D eigenvalue weighted by atomic mass is 35.5. The minimum Gasteiger partial charge on any atom is -0.379 e. The third kappa shape index (κ3) is 5.40. The molecule has 0 aliphatic carbocycles. The van der Waals surface area contributed by atoms with Crippen molar-refractivity contribution in [1.29, 1.82) is 0 Å². The maximum atomic E-state index is 12.9. The van der Waals surface area contributed by atoms with Crippen molar-refractivity contribution >= 4 is 54.2 Å². The standard InChI is InChI=1S/C17H23ClN4O4S2/c1-20(28(2,24)25)12-16(23)22(6-5-21-7-9-26-10-8-21)17-19-14-4-3-13(18)11-15(14)27-17/h3-4,11H,5-10,12H2,1-2H3. The van der Waals surface area contributed by atoms with Gasteiger partial charge in [-0.1, -0.05) is 22.9 Å². The number of hydrogen-bond donors (Lipinski definition) is 0. The van der Waals surface area contributed by atoms with Gasteiger partial charge in [-0.15, -0.1) is 0 Å². The van der Waals surface area contributed by atoms with Crippen LogP contribution in [0.2, 0.25) is 5.02 Å². The molecule has 0 saturated carbocycles. The Morgan fingerprint density at radius 2 is 2.07 bits per heavy atom. The molecule has 1 amide bonds. The lowest BCUT2D eigenvalue weighted by atomic mass is 10.3. The van der Waals surface area contributed by atoms with E-state index < -0.39 is 10.0 Å². The van der Waals surface area contributed by atoms with E-state index in [9.17, 15) is 13.2 Å². The second-order valence-corrected chi connectivity index (χ2v) is 10.2. The fraction of sp³-hybridized carbons (Fsp3) is 0.529. The first-order chi connectivity index (χ1) is 13.2. The average Bonchev–Trinajstić information content (AvgIpc) is 3.04. The first kappa shape index (κ1) is 21.4. The van der Waals surface area contributed by atoms with E-state index in [1.165, 1.54) is 18.4 Å². The highest BCUT2D eigenvalue weighted by molar-refractivity contribution is 7.88. The molecule has 1 aliphatic rings. The van der Waals surface area contributed by atoms with Crippen LogP contribution < -0.4 is 4.90 Å². The molecule has 11 heteroatoms. The summed E-state index contributed by atoms with van der Waals surface area (Å²) in [5.74, 6) is -0.314. The number of halogens is 1. The van der Waals surface area contributed by atoms with Crippen LogP contribution in [-0.4, -0.2) is 87.8 Å². The van der Waals surface area contributed by atoms with Crippen molar-refractivity contribution in [2.24, 2.45) is 0 Å². The van der Waals surface area contributed by atoms with Gasteiger partial charge in [-0.3, -0.25) is 14.6 Å². The second-order valence-electron chi connectivity index (χ2n) is 6.63. The fourth-order valence-corrected chi connectivity index (χ4v) is 4.42. The van der Waals surface area contributed by atoms with E-state index in [-0.39, 0.29) is 12.5 Å². The molecule has 0 atom stereocenters. The van der Waals surface area contributed by atoms with Crippen molar-refractivity contribution < 1.29 is 17.9 Å². The minimum atomic E-state index is -3.45. The molecule has 1 fully saturated rings. The third-order valence-corrected chi connectivity index (χ3v) is 7.08. The van der Waals surface area contributed by atoms with Gasteiger partial charge in [0.05, 0.1) is 36.2 Å². The highest BCUT2D eigenvalue weighted by Crippen LogP contribution is 2.31. The minimum absolute atomic E-state index is 0.237. The number of carbonyl (C=O) groups excluding carboxylic acids is 1. The Balaban J connectivity index is 1.82. The van der Waals surface area contributed by atoms with Crippen LogP contribution in [0.3, 0.4) is 0 Å². The van der Waals surface area contributed by atoms with Crippen molar-refractivity contribution in [3.63, 3.8) is 0 Å². The highest BCUT2D eigenvalue weighted by Gasteiger charge is 2.25. The topological polar surface area (TPSA) is 83.1 Å². The molecule has 0 radical (unpaired) electrons. The number of aromatic nitrogens is 1. The quantitative estimate of drug-likeness (QED) is 0.641. The van der Waals surface area contributed by atoms with Crippen LogP contribution in [0.15, 0.2) is 18.2 Å². The Kier molecular flexibility index (Phi) is 6.89. The first-order valence-corrected chi connectivity index (χ1v) is 11.9. The van der Waals surface area contributed by atoms with Crippen LogP contribution in [0.25, 0.3) is 10.2 Å². The Morgan fingerprint density at radius 1 is 1.36 bits per heavy atom. The van der Waals surface area contributed by atoms with Crippen LogP contribution in [0.5, 0.6) is 0 Å². The zero-order valence-corrected chi connectivity index (χ0v) is 18.2. The largest absolute Gasteiger partial charge is 0.379 e. The Morgan fingerprint density at radius 3 is 2.75 bits per heavy atom. The van der Waals surface area contributed by atoms with Crippen molar-refractivity contribution in [3.05, 3.63) is 23.2 Å². The van der Waals surface area contributed by atoms with Crippen molar-refractivity contribution in [2.75, 3.05) is 64.1 Å². The van der Waals surface area contributed by atoms with Gasteiger partial charge in [0, 0.05) is 38.2 Å². The number of nitrogens with zero attached hydrogens (tertiary/aromatic N) is 4. The fourth-order valence-electron chi connectivity index (χ4n) is 2.79. The van der Waals surface area contributed by atoms with Crippen molar-refractivity contribution in [2.45, 2.75) is 0 Å². The number of amides is 1. The van der Waals surface area contributed by atoms with Crippen molar-refractivity contribution in [1.82, 2.24) is 14.2 Å². The van der Waals surface area contributed by atoms with Gasteiger partial charge in [-0.2, -0.15) is 4.31 Å². The molecule has 1 aromatic heterocycles. The normalized spacial score (nSPS) is 16.0. The van der Waals surface area contributed by atoms with Crippen LogP contribution in [0.1, 0.15) is 0 Å². The van der Waals surface area contributed by atoms with Gasteiger partial charge in [-0.05, 0) is 18.2 Å².